The number of rotatable bonds is 3. The average molecular weight is 555 g/mol. The van der Waals surface area contributed by atoms with E-state index in [4.69, 9.17) is 0 Å². The Morgan fingerprint density at radius 2 is 1.58 bits per heavy atom. The Kier molecular flexibility index (Phi) is 9.03. The van der Waals surface area contributed by atoms with Crippen LogP contribution < -0.4 is 0 Å². The second kappa shape index (κ2) is 11.0. The molecule has 0 N–H and O–H groups in total. The maximum atomic E-state index is 11.2. The molecule has 0 amide bonds. The van der Waals surface area contributed by atoms with Gasteiger partial charge in [0, 0.05) is 12.4 Å². The Bertz CT molecular complexity index is 662. The summed E-state index contributed by atoms with van der Waals surface area (Å²) in [5.41, 5.74) is 1.83. The summed E-state index contributed by atoms with van der Waals surface area (Å²) in [4.78, 5) is 30.2. The number of pyridine rings is 2. The molecule has 0 unspecified atom stereocenters. The van der Waals surface area contributed by atoms with Gasteiger partial charge in [-0.2, -0.15) is 0 Å². The van der Waals surface area contributed by atoms with Crippen molar-refractivity contribution in [1.82, 2.24) is 9.97 Å². The summed E-state index contributed by atoms with van der Waals surface area (Å²) in [7, 11) is 0. The molecule has 26 heavy (non-hydrogen) atoms. The summed E-state index contributed by atoms with van der Waals surface area (Å²) >= 11 is 4.72. The van der Waals surface area contributed by atoms with Crippen LogP contribution >= 0.6 is 19.5 Å². The van der Waals surface area contributed by atoms with Gasteiger partial charge in [-0.1, -0.05) is 24.5 Å². The van der Waals surface area contributed by atoms with Crippen molar-refractivity contribution in [3.63, 3.8) is 0 Å². The van der Waals surface area contributed by atoms with Gasteiger partial charge in [0.1, 0.15) is 5.78 Å². The quantitative estimate of drug-likeness (QED) is 0.321. The Labute approximate surface area is 176 Å². The molecule has 2 aliphatic carbocycles. The smallest absolute Gasteiger partial charge is 0.0886 e. The van der Waals surface area contributed by atoms with E-state index in [0.29, 0.717) is 11.8 Å². The molecule has 140 valence electrons. The number of fused-ring (bicyclic) bond motifs is 2. The van der Waals surface area contributed by atoms with Crippen LogP contribution in [0.5, 0.6) is 0 Å². The number of aromatic nitrogens is 2. The van der Waals surface area contributed by atoms with Crippen LogP contribution in [0, 0.1) is 23.7 Å². The summed E-state index contributed by atoms with van der Waals surface area (Å²) in [5, 5.41) is 0. The predicted molar refractivity (Wildman–Crippen MR) is 106 cm³/mol. The molecular weight excluding hydrogens is 534 g/mol. The number of carbonyl (C=O) groups is 1. The zero-order chi connectivity index (χ0) is 18.9. The van der Waals surface area contributed by atoms with Crippen LogP contribution in [0.25, 0.3) is 11.4 Å². The third-order valence-electron chi connectivity index (χ3n) is 5.11. The first-order valence-corrected chi connectivity index (χ1v) is 13.2. The van der Waals surface area contributed by atoms with E-state index >= 15 is 0 Å². The molecule has 2 heterocycles. The molecule has 4 nitrogen and oxygen atoms in total. The molecule has 0 aromatic carbocycles. The van der Waals surface area contributed by atoms with Gasteiger partial charge >= 0.3 is 35.1 Å². The van der Waals surface area contributed by atoms with Gasteiger partial charge in [-0.25, -0.2) is 0 Å². The maximum absolute atomic E-state index is 11.2. The molecule has 2 saturated carbocycles. The fraction of sp³-hybridized carbons (Fsp3) is 0.400. The van der Waals surface area contributed by atoms with Crippen LogP contribution in [-0.4, -0.2) is 22.0 Å². The number of Topliss-reactive ketones (excluding diaryl/α,β-unsaturated/α-hetero) is 1. The maximum Gasteiger partial charge on any atom is 0.0886 e. The Hall–Kier alpha value is -0.968. The third-order valence-corrected chi connectivity index (χ3v) is 5.11. The molecule has 6 heteroatoms. The van der Waals surface area contributed by atoms with E-state index in [1.807, 2.05) is 55.9 Å². The van der Waals surface area contributed by atoms with E-state index in [1.165, 1.54) is 0 Å². The zero-order valence-corrected chi connectivity index (χ0v) is 18.2. The fourth-order valence-electron chi connectivity index (χ4n) is 4.07. The summed E-state index contributed by atoms with van der Waals surface area (Å²) in [5.74, 6) is 1.11. The van der Waals surface area contributed by atoms with E-state index in [2.05, 4.69) is 31.8 Å². The van der Waals surface area contributed by atoms with E-state index < -0.39 is 0 Å². The van der Waals surface area contributed by atoms with Gasteiger partial charge < -0.3 is 4.79 Å². The van der Waals surface area contributed by atoms with Crippen molar-refractivity contribution in [3.05, 3.63) is 48.8 Å². The first kappa shape index (κ1) is 21.3. The third kappa shape index (κ3) is 5.28. The molecule has 2 aromatic heterocycles. The topological polar surface area (TPSA) is 59.9 Å². The van der Waals surface area contributed by atoms with Crippen LogP contribution in [0.3, 0.4) is 0 Å². The van der Waals surface area contributed by atoms with Crippen LogP contribution in [-0.2, 0) is 25.2 Å². The van der Waals surface area contributed by atoms with Crippen LogP contribution in [0.15, 0.2) is 48.8 Å². The van der Waals surface area contributed by atoms with Gasteiger partial charge in [-0.3, -0.25) is 21.0 Å². The Morgan fingerprint density at radius 1 is 1.04 bits per heavy atom. The summed E-state index contributed by atoms with van der Waals surface area (Å²) < 4.78 is 0. The van der Waals surface area contributed by atoms with Crippen molar-refractivity contribution in [2.24, 2.45) is 23.7 Å². The number of nitrogens with zero attached hydrogens (tertiary/aromatic N) is 2. The Morgan fingerprint density at radius 3 is 1.96 bits per heavy atom. The van der Waals surface area contributed by atoms with E-state index in [1.54, 1.807) is 19.3 Å². The minimum Gasteiger partial charge on any atom is -0.255 e. The van der Waals surface area contributed by atoms with E-state index in [9.17, 15) is 9.59 Å². The average Bonchev–Trinajstić information content (AvgIpc) is 3.32. The van der Waals surface area contributed by atoms with Gasteiger partial charge in [0.25, 0.3) is 0 Å². The van der Waals surface area contributed by atoms with Crippen LogP contribution in [0.1, 0.15) is 26.2 Å². The van der Waals surface area contributed by atoms with Crippen molar-refractivity contribution < 1.29 is 25.2 Å². The van der Waals surface area contributed by atoms with Gasteiger partial charge in [0.2, 0.25) is 0 Å². The number of carbonyl (C=O) groups excluding carboxylic acids is 2. The predicted octanol–water partition coefficient (Wildman–Crippen LogP) is 4.37. The SMILES string of the molecule is CC(=O)[C@H]1[C@@H]2CC[C@@H](C2)[C@H]1[C-]=O.[Pd+][I].c1ccc(-c2ccccn2)nc1. The minimum absolute atomic E-state index is 0.0150. The number of ketones is 1. The number of halogens is 1. The summed E-state index contributed by atoms with van der Waals surface area (Å²) in [6, 6.07) is 11.6. The molecule has 4 atom stereocenters. The molecular formula is C20H21IN2O2Pd. The molecule has 2 bridgehead atoms. The normalized spacial score (nSPS) is 25.4. The molecule has 0 saturated heterocycles. The van der Waals surface area contributed by atoms with Crippen molar-refractivity contribution in [2.45, 2.75) is 26.2 Å². The van der Waals surface area contributed by atoms with Gasteiger partial charge in [0.15, 0.2) is 0 Å². The van der Waals surface area contributed by atoms with Crippen LogP contribution in [0.2, 0.25) is 0 Å². The largest absolute Gasteiger partial charge is 0.255 e. The first-order valence-electron chi connectivity index (χ1n) is 8.53. The van der Waals surface area contributed by atoms with E-state index in [0.717, 1.165) is 30.7 Å². The van der Waals surface area contributed by atoms with Gasteiger partial charge in [0.05, 0.1) is 11.4 Å². The monoisotopic (exact) mass is 554 g/mol. The minimum atomic E-state index is -0.0683. The molecule has 2 aliphatic rings. The Balaban J connectivity index is 0.000000171. The molecule has 0 spiro atoms. The van der Waals surface area contributed by atoms with Crippen LogP contribution in [0.4, 0.5) is 0 Å². The molecule has 4 rings (SSSR count). The fourth-order valence-corrected chi connectivity index (χ4v) is 4.07. The molecule has 2 aromatic rings. The van der Waals surface area contributed by atoms with Crippen molar-refractivity contribution in [1.29, 1.82) is 0 Å². The van der Waals surface area contributed by atoms with Crippen molar-refractivity contribution in [2.75, 3.05) is 0 Å². The van der Waals surface area contributed by atoms with Gasteiger partial charge in [-0.05, 0) is 55.9 Å². The number of hydrogen-bond donors (Lipinski definition) is 0. The second-order valence-electron chi connectivity index (χ2n) is 6.54. The molecule has 0 radical (unpaired) electrons. The van der Waals surface area contributed by atoms with E-state index in [-0.39, 0.29) is 17.6 Å². The molecule has 0 aliphatic heterocycles. The van der Waals surface area contributed by atoms with Gasteiger partial charge in [-0.15, -0.1) is 5.92 Å². The van der Waals surface area contributed by atoms with Crippen molar-refractivity contribution >= 4 is 31.6 Å². The second-order valence-corrected chi connectivity index (χ2v) is 6.54. The standard InChI is InChI=1S/C10H8N2.C10H13O2.HI.Pd/c1-3-7-11-9(5-1)10-6-2-4-8-12-10;1-6(12)10-8-3-2-7(4-8)9(10)5-11;;/h1-8H;7-10H,2-4H2,1H3;1H;/q;-1;;+2/p-1/t;7-,8+,9+,10-;;/m.0../s1. The van der Waals surface area contributed by atoms with Crippen molar-refractivity contribution in [3.8, 4) is 11.4 Å². The first-order chi connectivity index (χ1) is 12.7. The number of hydrogen-bond acceptors (Lipinski definition) is 4. The summed E-state index contributed by atoms with van der Waals surface area (Å²) in [6.45, 7) is 1.61. The zero-order valence-electron chi connectivity index (χ0n) is 14.5. The summed E-state index contributed by atoms with van der Waals surface area (Å²) in [6.07, 6.45) is 8.96. The molecule has 2 fully saturated rings.